The average molecular weight is 460 g/mol. The second kappa shape index (κ2) is 9.58. The van der Waals surface area contributed by atoms with Crippen LogP contribution in [0.5, 0.6) is 5.75 Å². The third-order valence-corrected chi connectivity index (χ3v) is 6.10. The van der Waals surface area contributed by atoms with Crippen molar-refractivity contribution in [2.75, 3.05) is 18.2 Å². The highest BCUT2D eigenvalue weighted by Gasteiger charge is 2.21. The number of tetrazole rings is 1. The van der Waals surface area contributed by atoms with Crippen LogP contribution in [-0.2, 0) is 4.79 Å². The van der Waals surface area contributed by atoms with Gasteiger partial charge in [0, 0.05) is 11.4 Å². The number of amides is 1. The van der Waals surface area contributed by atoms with Crippen molar-refractivity contribution < 1.29 is 9.53 Å². The fraction of sp³-hybridized carbons (Fsp3) is 0.174. The normalized spacial score (nSPS) is 10.6. The van der Waals surface area contributed by atoms with Crippen molar-refractivity contribution in [2.24, 2.45) is 0 Å². The van der Waals surface area contributed by atoms with Crippen LogP contribution in [0.25, 0.3) is 11.4 Å². The molecule has 166 valence electrons. The lowest BCUT2D eigenvalue weighted by Crippen LogP contribution is -2.18. The number of hydrogen-bond acceptors (Lipinski definition) is 7. The predicted octanol–water partition coefficient (Wildman–Crippen LogP) is 3.68. The largest absolute Gasteiger partial charge is 0.494 e. The Bertz CT molecular complexity index is 1340. The second-order valence-electron chi connectivity index (χ2n) is 7.10. The van der Waals surface area contributed by atoms with Crippen LogP contribution in [0.4, 0.5) is 5.82 Å². The zero-order chi connectivity index (χ0) is 23.4. The number of nitrogens with zero attached hydrogens (tertiary/aromatic N) is 6. The van der Waals surface area contributed by atoms with E-state index in [0.29, 0.717) is 28.0 Å². The van der Waals surface area contributed by atoms with Gasteiger partial charge in [0.15, 0.2) is 0 Å². The third-order valence-electron chi connectivity index (χ3n) is 5.18. The number of carbonyl (C=O) groups is 1. The number of nitrogens with one attached hydrogen (secondary N) is 1. The van der Waals surface area contributed by atoms with Gasteiger partial charge in [-0.25, -0.2) is 0 Å². The van der Waals surface area contributed by atoms with E-state index in [1.165, 1.54) is 16.4 Å². The molecular weight excluding hydrogens is 438 g/mol. The fourth-order valence-electron chi connectivity index (χ4n) is 3.48. The molecule has 0 aliphatic rings. The predicted molar refractivity (Wildman–Crippen MR) is 125 cm³/mol. The molecule has 0 atom stereocenters. The number of thioether (sulfide) groups is 1. The summed E-state index contributed by atoms with van der Waals surface area (Å²) in [4.78, 5) is 12.9. The molecule has 2 aromatic carbocycles. The summed E-state index contributed by atoms with van der Waals surface area (Å²) in [6, 6.07) is 19.2. The Labute approximate surface area is 195 Å². The molecule has 0 radical (unpaired) electrons. The van der Waals surface area contributed by atoms with Crippen molar-refractivity contribution in [3.8, 4) is 23.2 Å². The molecule has 1 amide bonds. The van der Waals surface area contributed by atoms with Gasteiger partial charge in [-0.3, -0.25) is 9.36 Å². The maximum Gasteiger partial charge on any atom is 0.236 e. The van der Waals surface area contributed by atoms with E-state index < -0.39 is 0 Å². The maximum absolute atomic E-state index is 12.9. The summed E-state index contributed by atoms with van der Waals surface area (Å²) in [7, 11) is 1.57. The number of anilines is 1. The van der Waals surface area contributed by atoms with E-state index in [9.17, 15) is 10.1 Å². The molecule has 2 aromatic heterocycles. The molecule has 1 N–H and O–H groups in total. The van der Waals surface area contributed by atoms with Crippen molar-refractivity contribution in [2.45, 2.75) is 19.0 Å². The smallest absolute Gasteiger partial charge is 0.236 e. The van der Waals surface area contributed by atoms with E-state index in [1.54, 1.807) is 7.11 Å². The molecule has 0 bridgehead atoms. The number of nitriles is 1. The number of aromatic nitrogens is 5. The lowest BCUT2D eigenvalue weighted by atomic mass is 10.2. The molecule has 4 rings (SSSR count). The van der Waals surface area contributed by atoms with Crippen molar-refractivity contribution in [1.29, 1.82) is 5.26 Å². The standard InChI is InChI=1S/C23H21N7O2S/c1-15-16(2)29(17-9-5-4-6-10-17)22(18(15)13-24)25-21(31)14-33-23-26-27-28-30(23)19-11-7-8-12-20(19)32-3/h4-12H,14H2,1-3H3,(H,25,31). The topological polar surface area (TPSA) is 111 Å². The van der Waals surface area contributed by atoms with E-state index in [-0.39, 0.29) is 11.7 Å². The summed E-state index contributed by atoms with van der Waals surface area (Å²) in [5.74, 6) is 0.842. The lowest BCUT2D eigenvalue weighted by molar-refractivity contribution is -0.113. The minimum atomic E-state index is -0.277. The van der Waals surface area contributed by atoms with Gasteiger partial charge in [0.25, 0.3) is 0 Å². The van der Waals surface area contributed by atoms with Crippen molar-refractivity contribution in [3.05, 3.63) is 71.4 Å². The first kappa shape index (κ1) is 22.1. The molecule has 0 saturated carbocycles. The number of hydrogen-bond donors (Lipinski definition) is 1. The quantitative estimate of drug-likeness (QED) is 0.420. The number of rotatable bonds is 7. The van der Waals surface area contributed by atoms with Gasteiger partial charge in [0.1, 0.15) is 23.3 Å². The van der Waals surface area contributed by atoms with Crippen LogP contribution >= 0.6 is 11.8 Å². The average Bonchev–Trinajstić information content (AvgIpc) is 3.40. The molecule has 0 spiro atoms. The Kier molecular flexibility index (Phi) is 6.42. The second-order valence-corrected chi connectivity index (χ2v) is 8.04. The Morgan fingerprint density at radius 1 is 1.15 bits per heavy atom. The highest BCUT2D eigenvalue weighted by Crippen LogP contribution is 2.30. The van der Waals surface area contributed by atoms with Crippen LogP contribution in [-0.4, -0.2) is 43.5 Å². The monoisotopic (exact) mass is 459 g/mol. The Morgan fingerprint density at radius 2 is 1.88 bits per heavy atom. The van der Waals surface area contributed by atoms with Crippen molar-refractivity contribution >= 4 is 23.5 Å². The van der Waals surface area contributed by atoms with E-state index in [2.05, 4.69) is 26.9 Å². The Morgan fingerprint density at radius 3 is 2.61 bits per heavy atom. The molecular formula is C23H21N7O2S. The number of methoxy groups -OCH3 is 1. The fourth-order valence-corrected chi connectivity index (χ4v) is 4.17. The van der Waals surface area contributed by atoms with Gasteiger partial charge in [-0.2, -0.15) is 9.94 Å². The molecule has 0 saturated heterocycles. The van der Waals surface area contributed by atoms with Gasteiger partial charge >= 0.3 is 0 Å². The van der Waals surface area contributed by atoms with Gasteiger partial charge in [0.2, 0.25) is 11.1 Å². The highest BCUT2D eigenvalue weighted by atomic mass is 32.2. The SMILES string of the molecule is COc1ccccc1-n1nnnc1SCC(=O)Nc1c(C#N)c(C)c(C)n1-c1ccccc1. The molecule has 4 aromatic rings. The molecule has 9 nitrogen and oxygen atoms in total. The zero-order valence-corrected chi connectivity index (χ0v) is 19.1. The van der Waals surface area contributed by atoms with Crippen LogP contribution in [0.1, 0.15) is 16.8 Å². The van der Waals surface area contributed by atoms with Gasteiger partial charge < -0.3 is 10.1 Å². The molecule has 0 aliphatic heterocycles. The Balaban J connectivity index is 1.57. The molecule has 0 unspecified atom stereocenters. The van der Waals surface area contributed by atoms with Crippen molar-refractivity contribution in [3.63, 3.8) is 0 Å². The molecule has 0 aliphatic carbocycles. The summed E-state index contributed by atoms with van der Waals surface area (Å²) < 4.78 is 8.80. The van der Waals surface area contributed by atoms with Crippen LogP contribution in [0.15, 0.2) is 59.8 Å². The summed E-state index contributed by atoms with van der Waals surface area (Å²) in [6.07, 6.45) is 0. The summed E-state index contributed by atoms with van der Waals surface area (Å²) in [6.45, 7) is 3.80. The highest BCUT2D eigenvalue weighted by molar-refractivity contribution is 7.99. The van der Waals surface area contributed by atoms with E-state index in [1.807, 2.05) is 73.0 Å². The van der Waals surface area contributed by atoms with Gasteiger partial charge in [-0.1, -0.05) is 42.1 Å². The van der Waals surface area contributed by atoms with E-state index >= 15 is 0 Å². The third kappa shape index (κ3) is 4.31. The number of carbonyl (C=O) groups excluding carboxylic acids is 1. The van der Waals surface area contributed by atoms with E-state index in [4.69, 9.17) is 4.74 Å². The molecule has 0 fully saturated rings. The van der Waals surface area contributed by atoms with E-state index in [0.717, 1.165) is 16.9 Å². The van der Waals surface area contributed by atoms with Gasteiger partial charge in [-0.05, 0) is 54.1 Å². The maximum atomic E-state index is 12.9. The number of ether oxygens (including phenoxy) is 1. The number of benzene rings is 2. The first-order valence-electron chi connectivity index (χ1n) is 10.1. The minimum Gasteiger partial charge on any atom is -0.494 e. The molecule has 2 heterocycles. The van der Waals surface area contributed by atoms with Gasteiger partial charge in [-0.15, -0.1) is 5.10 Å². The molecule has 33 heavy (non-hydrogen) atoms. The van der Waals surface area contributed by atoms with Crippen LogP contribution < -0.4 is 10.1 Å². The van der Waals surface area contributed by atoms with Crippen LogP contribution in [0.2, 0.25) is 0 Å². The summed E-state index contributed by atoms with van der Waals surface area (Å²) in [5.41, 5.74) is 3.69. The van der Waals surface area contributed by atoms with Gasteiger partial charge in [0.05, 0.1) is 18.4 Å². The molecule has 10 heteroatoms. The summed E-state index contributed by atoms with van der Waals surface area (Å²) >= 11 is 1.19. The first-order chi connectivity index (χ1) is 16.0. The first-order valence-corrected chi connectivity index (χ1v) is 11.1. The zero-order valence-electron chi connectivity index (χ0n) is 18.3. The van der Waals surface area contributed by atoms with Crippen molar-refractivity contribution in [1.82, 2.24) is 24.8 Å². The lowest BCUT2D eigenvalue weighted by Gasteiger charge is -2.13. The van der Waals surface area contributed by atoms with Crippen LogP contribution in [0, 0.1) is 25.2 Å². The number of para-hydroxylation sites is 3. The summed E-state index contributed by atoms with van der Waals surface area (Å²) in [5, 5.41) is 24.9. The Hall–Kier alpha value is -4.10. The van der Waals surface area contributed by atoms with Crippen LogP contribution in [0.3, 0.4) is 0 Å². The minimum absolute atomic E-state index is 0.0540.